The minimum Gasteiger partial charge on any atom is -0.376 e. The number of ether oxygens (including phenoxy) is 1. The molecule has 0 amide bonds. The van der Waals surface area contributed by atoms with Crippen LogP contribution in [0, 0.1) is 13.8 Å². The number of nitrogens with one attached hydrogen (secondary N) is 1. The molecule has 0 radical (unpaired) electrons. The van der Waals surface area contributed by atoms with Gasteiger partial charge in [0.05, 0.1) is 12.6 Å². The normalized spacial score (nSPS) is 18.7. The van der Waals surface area contributed by atoms with Crippen molar-refractivity contribution in [1.82, 2.24) is 25.2 Å². The van der Waals surface area contributed by atoms with E-state index in [9.17, 15) is 4.79 Å². The second kappa shape index (κ2) is 8.92. The molecule has 1 N–H and O–H groups in total. The first-order valence-electron chi connectivity index (χ1n) is 12.4. The highest BCUT2D eigenvalue weighted by Gasteiger charge is 2.34. The molecular formula is C27H30N6O2. The van der Waals surface area contributed by atoms with Gasteiger partial charge >= 0.3 is 0 Å². The van der Waals surface area contributed by atoms with Crippen molar-refractivity contribution in [2.24, 2.45) is 0 Å². The van der Waals surface area contributed by atoms with Crippen molar-refractivity contribution in [1.29, 1.82) is 0 Å². The van der Waals surface area contributed by atoms with Crippen molar-refractivity contribution < 1.29 is 4.74 Å². The molecule has 0 aliphatic carbocycles. The van der Waals surface area contributed by atoms with E-state index in [4.69, 9.17) is 4.74 Å². The fourth-order valence-electron chi connectivity index (χ4n) is 5.69. The van der Waals surface area contributed by atoms with Gasteiger partial charge in [-0.1, -0.05) is 24.3 Å². The molecule has 0 unspecified atom stereocenters. The second-order valence-electron chi connectivity index (χ2n) is 9.78. The van der Waals surface area contributed by atoms with Gasteiger partial charge in [0.15, 0.2) is 5.82 Å². The number of aromatic nitrogens is 5. The van der Waals surface area contributed by atoms with Crippen molar-refractivity contribution in [2.75, 3.05) is 18.1 Å². The lowest BCUT2D eigenvalue weighted by molar-refractivity contribution is 0.0924. The lowest BCUT2D eigenvalue weighted by Gasteiger charge is -2.37. The number of pyridine rings is 1. The van der Waals surface area contributed by atoms with Gasteiger partial charge in [-0.3, -0.25) is 4.79 Å². The van der Waals surface area contributed by atoms with Crippen LogP contribution >= 0.6 is 0 Å². The number of tetrazole rings is 1. The number of H-pyrrole nitrogens is 1. The molecule has 2 aromatic carbocycles. The Bertz CT molecular complexity index is 1440. The summed E-state index contributed by atoms with van der Waals surface area (Å²) >= 11 is 0. The van der Waals surface area contributed by atoms with Crippen LogP contribution in [-0.4, -0.2) is 44.4 Å². The Kier molecular flexibility index (Phi) is 5.60. The van der Waals surface area contributed by atoms with Crippen molar-refractivity contribution >= 4 is 16.6 Å². The molecule has 8 heteroatoms. The Morgan fingerprint density at radius 3 is 2.91 bits per heavy atom. The van der Waals surface area contributed by atoms with E-state index in [1.807, 2.05) is 23.7 Å². The highest BCUT2D eigenvalue weighted by atomic mass is 16.5. The molecule has 2 atom stereocenters. The van der Waals surface area contributed by atoms with Crippen molar-refractivity contribution in [3.63, 3.8) is 0 Å². The van der Waals surface area contributed by atoms with Crippen LogP contribution in [0.3, 0.4) is 0 Å². The number of aryl methyl sites for hydroxylation is 3. The van der Waals surface area contributed by atoms with Crippen LogP contribution in [-0.2, 0) is 17.7 Å². The molecule has 8 nitrogen and oxygen atoms in total. The van der Waals surface area contributed by atoms with Crippen LogP contribution in [0.25, 0.3) is 10.9 Å². The minimum atomic E-state index is -0.415. The Morgan fingerprint density at radius 2 is 2.06 bits per heavy atom. The van der Waals surface area contributed by atoms with E-state index in [0.717, 1.165) is 66.6 Å². The van der Waals surface area contributed by atoms with E-state index < -0.39 is 6.04 Å². The molecule has 2 aliphatic rings. The third-order valence-corrected chi connectivity index (χ3v) is 7.30. The van der Waals surface area contributed by atoms with Crippen LogP contribution in [0.2, 0.25) is 0 Å². The Balaban J connectivity index is 1.54. The van der Waals surface area contributed by atoms with Gasteiger partial charge in [-0.25, -0.2) is 4.68 Å². The predicted molar refractivity (Wildman–Crippen MR) is 135 cm³/mol. The second-order valence-corrected chi connectivity index (χ2v) is 9.78. The standard InChI is InChI=1S/C27H30N6O2/c1-17-13-18(2)21-15-22(27(34)28-23(21)14-17)25(32-11-5-8-19-7-3-4-10-24(19)32)26-29-30-31-33(26)16-20-9-6-12-35-20/h3-4,7,10,13-15,20,25H,5-6,8-9,11-12,16H2,1-2H3,(H,28,34)/t20-,25-/m1/s1. The zero-order chi connectivity index (χ0) is 23.9. The highest BCUT2D eigenvalue weighted by molar-refractivity contribution is 5.83. The third-order valence-electron chi connectivity index (χ3n) is 7.30. The number of fused-ring (bicyclic) bond motifs is 2. The van der Waals surface area contributed by atoms with E-state index in [-0.39, 0.29) is 11.7 Å². The molecule has 180 valence electrons. The van der Waals surface area contributed by atoms with E-state index >= 15 is 0 Å². The van der Waals surface area contributed by atoms with Crippen LogP contribution in [0.4, 0.5) is 5.69 Å². The van der Waals surface area contributed by atoms with E-state index in [0.29, 0.717) is 17.9 Å². The molecule has 0 bridgehead atoms. The van der Waals surface area contributed by atoms with Crippen molar-refractivity contribution in [3.05, 3.63) is 80.9 Å². The van der Waals surface area contributed by atoms with E-state index in [1.54, 1.807) is 0 Å². The van der Waals surface area contributed by atoms with Crippen molar-refractivity contribution in [2.45, 2.75) is 58.2 Å². The number of aromatic amines is 1. The molecule has 0 spiro atoms. The SMILES string of the molecule is Cc1cc(C)c2cc([C@H](c3nnnn3C[C@H]3CCCO3)N3CCCc4ccccc43)c(=O)[nH]c2c1. The maximum absolute atomic E-state index is 13.6. The quantitative estimate of drug-likeness (QED) is 0.477. The summed E-state index contributed by atoms with van der Waals surface area (Å²) in [7, 11) is 0. The fraction of sp³-hybridized carbons (Fsp3) is 0.407. The summed E-state index contributed by atoms with van der Waals surface area (Å²) in [5, 5.41) is 13.9. The van der Waals surface area contributed by atoms with Gasteiger partial charge in [0, 0.05) is 35.3 Å². The van der Waals surface area contributed by atoms with Gasteiger partial charge in [-0.15, -0.1) is 5.10 Å². The zero-order valence-electron chi connectivity index (χ0n) is 20.2. The van der Waals surface area contributed by atoms with Crippen LogP contribution in [0.5, 0.6) is 0 Å². The van der Waals surface area contributed by atoms with Crippen molar-refractivity contribution in [3.8, 4) is 0 Å². The smallest absolute Gasteiger partial charge is 0.254 e. The first kappa shape index (κ1) is 22.0. The third kappa shape index (κ3) is 4.01. The molecule has 35 heavy (non-hydrogen) atoms. The van der Waals surface area contributed by atoms with Crippen LogP contribution in [0.15, 0.2) is 47.3 Å². The molecule has 0 saturated carbocycles. The van der Waals surface area contributed by atoms with E-state index in [2.05, 4.69) is 62.7 Å². The monoisotopic (exact) mass is 470 g/mol. The van der Waals surface area contributed by atoms with Gasteiger partial charge in [-0.2, -0.15) is 0 Å². The Hall–Kier alpha value is -3.52. The van der Waals surface area contributed by atoms with Gasteiger partial charge < -0.3 is 14.6 Å². The summed E-state index contributed by atoms with van der Waals surface area (Å²) in [5.41, 5.74) is 6.08. The average Bonchev–Trinajstić information content (AvgIpc) is 3.53. The van der Waals surface area contributed by atoms with E-state index in [1.165, 1.54) is 5.56 Å². The summed E-state index contributed by atoms with van der Waals surface area (Å²) in [6, 6.07) is 14.2. The summed E-state index contributed by atoms with van der Waals surface area (Å²) in [6.45, 7) is 6.31. The first-order valence-corrected chi connectivity index (χ1v) is 12.4. The molecule has 4 aromatic rings. The molecular weight excluding hydrogens is 440 g/mol. The average molecular weight is 471 g/mol. The van der Waals surface area contributed by atoms with Gasteiger partial charge in [0.25, 0.3) is 5.56 Å². The number of hydrogen-bond donors (Lipinski definition) is 1. The zero-order valence-corrected chi connectivity index (χ0v) is 20.2. The fourth-order valence-corrected chi connectivity index (χ4v) is 5.69. The molecule has 1 fully saturated rings. The molecule has 6 rings (SSSR count). The molecule has 4 heterocycles. The lowest BCUT2D eigenvalue weighted by Crippen LogP contribution is -2.39. The van der Waals surface area contributed by atoms with Crippen LogP contribution in [0.1, 0.15) is 53.4 Å². The van der Waals surface area contributed by atoms with Crippen LogP contribution < -0.4 is 10.5 Å². The minimum absolute atomic E-state index is 0.0895. The summed E-state index contributed by atoms with van der Waals surface area (Å²) in [5.74, 6) is 0.673. The van der Waals surface area contributed by atoms with Gasteiger partial charge in [-0.05, 0) is 84.8 Å². The molecule has 2 aliphatic heterocycles. The maximum Gasteiger partial charge on any atom is 0.254 e. The number of anilines is 1. The first-order chi connectivity index (χ1) is 17.1. The maximum atomic E-state index is 13.6. The lowest BCUT2D eigenvalue weighted by atomic mass is 9.95. The Morgan fingerprint density at radius 1 is 1.17 bits per heavy atom. The molecule has 1 saturated heterocycles. The number of nitrogens with zero attached hydrogens (tertiary/aromatic N) is 5. The van der Waals surface area contributed by atoms with Gasteiger partial charge in [0.1, 0.15) is 6.04 Å². The van der Waals surface area contributed by atoms with Gasteiger partial charge in [0.2, 0.25) is 0 Å². The number of para-hydroxylation sites is 1. The summed E-state index contributed by atoms with van der Waals surface area (Å²) in [4.78, 5) is 19.1. The number of hydrogen-bond acceptors (Lipinski definition) is 6. The summed E-state index contributed by atoms with van der Waals surface area (Å²) in [6.07, 6.45) is 4.16. The topological polar surface area (TPSA) is 88.9 Å². The largest absolute Gasteiger partial charge is 0.376 e. The number of rotatable bonds is 5. The molecule has 2 aromatic heterocycles. The highest BCUT2D eigenvalue weighted by Crippen LogP contribution is 2.37. The number of benzene rings is 2. The predicted octanol–water partition coefficient (Wildman–Crippen LogP) is 3.85. The summed E-state index contributed by atoms with van der Waals surface area (Å²) < 4.78 is 7.72. The Labute approximate surface area is 203 Å².